The van der Waals surface area contributed by atoms with Gasteiger partial charge in [0, 0.05) is 37.2 Å². The van der Waals surface area contributed by atoms with E-state index in [2.05, 4.69) is 58.0 Å². The number of para-hydroxylation sites is 3. The Labute approximate surface area is 152 Å². The first-order chi connectivity index (χ1) is 12.8. The molecule has 0 spiro atoms. The van der Waals surface area contributed by atoms with E-state index in [0.29, 0.717) is 13.0 Å². The molecule has 0 radical (unpaired) electrons. The molecule has 0 aliphatic carbocycles. The summed E-state index contributed by atoms with van der Waals surface area (Å²) < 4.78 is 4.31. The summed E-state index contributed by atoms with van der Waals surface area (Å²) in [4.78, 5) is 4.71. The number of hydrogen-bond donors (Lipinski definition) is 1. The monoisotopic (exact) mass is 343 g/mol. The average molecular weight is 343 g/mol. The van der Waals surface area contributed by atoms with Crippen LogP contribution in [0.25, 0.3) is 21.9 Å². The highest BCUT2D eigenvalue weighted by Gasteiger charge is 2.09. The standard InChI is InChI=1S/C21H21N5/c1-25-20-10-5-3-8-18(20)24-21(25)14-23-13-16-15-26(12-6-11-22)19-9-4-2-7-17(16)19/h2-5,7-10,15,23H,6,12-14H2,1H3. The Bertz CT molecular complexity index is 1100. The summed E-state index contributed by atoms with van der Waals surface area (Å²) in [6.45, 7) is 2.20. The van der Waals surface area contributed by atoms with Crippen LogP contribution in [0.15, 0.2) is 54.7 Å². The van der Waals surface area contributed by atoms with E-state index in [-0.39, 0.29) is 0 Å². The predicted molar refractivity (Wildman–Crippen MR) is 103 cm³/mol. The third-order valence-corrected chi connectivity index (χ3v) is 4.81. The van der Waals surface area contributed by atoms with E-state index in [1.165, 1.54) is 16.5 Å². The van der Waals surface area contributed by atoms with Crippen LogP contribution in [0.2, 0.25) is 0 Å². The zero-order chi connectivity index (χ0) is 17.9. The van der Waals surface area contributed by atoms with Crippen molar-refractivity contribution in [2.24, 2.45) is 7.05 Å². The van der Waals surface area contributed by atoms with Gasteiger partial charge in [0.1, 0.15) is 5.82 Å². The van der Waals surface area contributed by atoms with Crippen LogP contribution in [-0.2, 0) is 26.7 Å². The minimum atomic E-state index is 0.519. The van der Waals surface area contributed by atoms with Gasteiger partial charge in [-0.15, -0.1) is 0 Å². The lowest BCUT2D eigenvalue weighted by molar-refractivity contribution is 0.642. The molecule has 4 aromatic rings. The maximum atomic E-state index is 8.87. The Hall–Kier alpha value is -3.10. The van der Waals surface area contributed by atoms with E-state index in [1.54, 1.807) is 0 Å². The number of benzene rings is 2. The first-order valence-corrected chi connectivity index (χ1v) is 8.82. The predicted octanol–water partition coefficient (Wildman–Crippen LogP) is 3.73. The van der Waals surface area contributed by atoms with Crippen LogP contribution in [0.1, 0.15) is 17.8 Å². The van der Waals surface area contributed by atoms with Crippen molar-refractivity contribution in [1.29, 1.82) is 5.26 Å². The maximum Gasteiger partial charge on any atom is 0.123 e. The van der Waals surface area contributed by atoms with E-state index in [1.807, 2.05) is 24.3 Å². The normalized spacial score (nSPS) is 11.2. The van der Waals surface area contributed by atoms with Crippen LogP contribution in [0.3, 0.4) is 0 Å². The number of nitrogens with one attached hydrogen (secondary N) is 1. The van der Waals surface area contributed by atoms with E-state index in [9.17, 15) is 0 Å². The van der Waals surface area contributed by atoms with Crippen LogP contribution in [0.4, 0.5) is 0 Å². The van der Waals surface area contributed by atoms with Gasteiger partial charge in [0.2, 0.25) is 0 Å². The molecule has 2 aromatic carbocycles. The second kappa shape index (κ2) is 7.03. The molecule has 0 saturated heterocycles. The second-order valence-electron chi connectivity index (χ2n) is 6.45. The second-order valence-corrected chi connectivity index (χ2v) is 6.45. The van der Waals surface area contributed by atoms with E-state index >= 15 is 0 Å². The zero-order valence-corrected chi connectivity index (χ0v) is 14.8. The third-order valence-electron chi connectivity index (χ3n) is 4.81. The first kappa shape index (κ1) is 16.4. The van der Waals surface area contributed by atoms with Gasteiger partial charge in [-0.3, -0.25) is 0 Å². The highest BCUT2D eigenvalue weighted by Crippen LogP contribution is 2.22. The third kappa shape index (κ3) is 2.96. The van der Waals surface area contributed by atoms with Crippen LogP contribution in [-0.4, -0.2) is 14.1 Å². The summed E-state index contributed by atoms with van der Waals surface area (Å²) in [5, 5.41) is 13.6. The highest BCUT2D eigenvalue weighted by atomic mass is 15.1. The number of rotatable bonds is 6. The summed E-state index contributed by atoms with van der Waals surface area (Å²) in [5.41, 5.74) is 4.61. The quantitative estimate of drug-likeness (QED) is 0.580. The van der Waals surface area contributed by atoms with Gasteiger partial charge in [0.25, 0.3) is 0 Å². The number of fused-ring (bicyclic) bond motifs is 2. The van der Waals surface area contributed by atoms with E-state index in [4.69, 9.17) is 10.2 Å². The molecule has 0 aliphatic rings. The lowest BCUT2D eigenvalue weighted by Crippen LogP contribution is -2.15. The molecule has 130 valence electrons. The Morgan fingerprint density at radius 3 is 2.62 bits per heavy atom. The number of nitrogens with zero attached hydrogens (tertiary/aromatic N) is 4. The average Bonchev–Trinajstić information content (AvgIpc) is 3.19. The minimum Gasteiger partial charge on any atom is -0.346 e. The molecule has 0 atom stereocenters. The van der Waals surface area contributed by atoms with Crippen molar-refractivity contribution in [3.63, 3.8) is 0 Å². The van der Waals surface area contributed by atoms with Crippen LogP contribution < -0.4 is 5.32 Å². The van der Waals surface area contributed by atoms with Gasteiger partial charge < -0.3 is 14.5 Å². The van der Waals surface area contributed by atoms with E-state index in [0.717, 1.165) is 29.9 Å². The molecule has 2 aromatic heterocycles. The molecule has 1 N–H and O–H groups in total. The molecule has 5 nitrogen and oxygen atoms in total. The molecule has 5 heteroatoms. The summed E-state index contributed by atoms with van der Waals surface area (Å²) in [7, 11) is 2.06. The van der Waals surface area contributed by atoms with Crippen molar-refractivity contribution in [2.75, 3.05) is 0 Å². The summed E-state index contributed by atoms with van der Waals surface area (Å²) >= 11 is 0. The Balaban J connectivity index is 1.52. The van der Waals surface area contributed by atoms with Crippen LogP contribution in [0.5, 0.6) is 0 Å². The molecule has 4 rings (SSSR count). The topological polar surface area (TPSA) is 58.6 Å². The summed E-state index contributed by atoms with van der Waals surface area (Å²) in [6, 6.07) is 18.8. The van der Waals surface area contributed by atoms with Crippen LogP contribution in [0, 0.1) is 11.3 Å². The Morgan fingerprint density at radius 2 is 1.81 bits per heavy atom. The fourth-order valence-corrected chi connectivity index (χ4v) is 3.48. The van der Waals surface area contributed by atoms with Gasteiger partial charge in [-0.1, -0.05) is 30.3 Å². The van der Waals surface area contributed by atoms with Gasteiger partial charge >= 0.3 is 0 Å². The number of nitriles is 1. The number of aryl methyl sites for hydroxylation is 2. The zero-order valence-electron chi connectivity index (χ0n) is 14.8. The van der Waals surface area contributed by atoms with Gasteiger partial charge in [0.15, 0.2) is 0 Å². The van der Waals surface area contributed by atoms with Crippen molar-refractivity contribution in [1.82, 2.24) is 19.4 Å². The van der Waals surface area contributed by atoms with Gasteiger partial charge in [-0.2, -0.15) is 5.26 Å². The first-order valence-electron chi connectivity index (χ1n) is 8.82. The molecule has 0 unspecified atom stereocenters. The molecule has 0 saturated carbocycles. The molecular formula is C21H21N5. The molecule has 0 bridgehead atoms. The maximum absolute atomic E-state index is 8.87. The summed E-state index contributed by atoms with van der Waals surface area (Å²) in [5.74, 6) is 1.03. The number of hydrogen-bond acceptors (Lipinski definition) is 3. The van der Waals surface area contributed by atoms with Crippen LogP contribution >= 0.6 is 0 Å². The van der Waals surface area contributed by atoms with Crippen molar-refractivity contribution in [3.05, 3.63) is 66.1 Å². The largest absolute Gasteiger partial charge is 0.346 e. The van der Waals surface area contributed by atoms with Crippen molar-refractivity contribution in [2.45, 2.75) is 26.1 Å². The van der Waals surface area contributed by atoms with Crippen molar-refractivity contribution < 1.29 is 0 Å². The van der Waals surface area contributed by atoms with Crippen molar-refractivity contribution >= 4 is 21.9 Å². The smallest absolute Gasteiger partial charge is 0.123 e. The lowest BCUT2D eigenvalue weighted by atomic mass is 10.2. The number of aromatic nitrogens is 3. The molecule has 0 amide bonds. The molecule has 0 fully saturated rings. The molecule has 26 heavy (non-hydrogen) atoms. The lowest BCUT2D eigenvalue weighted by Gasteiger charge is -2.05. The molecular weight excluding hydrogens is 322 g/mol. The van der Waals surface area contributed by atoms with E-state index < -0.39 is 0 Å². The molecule has 2 heterocycles. The highest BCUT2D eigenvalue weighted by molar-refractivity contribution is 5.84. The van der Waals surface area contributed by atoms with Gasteiger partial charge in [0.05, 0.1) is 30.1 Å². The SMILES string of the molecule is Cn1c(CNCc2cn(CCC#N)c3ccccc23)nc2ccccc21. The Kier molecular flexibility index (Phi) is 4.42. The summed E-state index contributed by atoms with van der Waals surface area (Å²) in [6.07, 6.45) is 2.68. The fraction of sp³-hybridized carbons (Fsp3) is 0.238. The Morgan fingerprint density at radius 1 is 1.04 bits per heavy atom. The van der Waals surface area contributed by atoms with Gasteiger partial charge in [-0.25, -0.2) is 4.98 Å². The minimum absolute atomic E-state index is 0.519. The number of imidazole rings is 1. The molecule has 0 aliphatic heterocycles. The van der Waals surface area contributed by atoms with Crippen molar-refractivity contribution in [3.8, 4) is 6.07 Å². The fourth-order valence-electron chi connectivity index (χ4n) is 3.48. The van der Waals surface area contributed by atoms with Gasteiger partial charge in [-0.05, 0) is 23.8 Å².